The summed E-state index contributed by atoms with van der Waals surface area (Å²) in [6.07, 6.45) is 2.74. The van der Waals surface area contributed by atoms with E-state index in [1.165, 1.54) is 50.6 Å². The molecule has 3 aromatic carbocycles. The Bertz CT molecular complexity index is 1480. The number of esters is 1. The molecule has 0 atom stereocenters. The topological polar surface area (TPSA) is 115 Å². The lowest BCUT2D eigenvalue weighted by Crippen LogP contribution is -2.07. The third-order valence-corrected chi connectivity index (χ3v) is 5.07. The van der Waals surface area contributed by atoms with Gasteiger partial charge in [-0.25, -0.2) is 4.79 Å². The molecule has 0 fully saturated rings. The van der Waals surface area contributed by atoms with Crippen molar-refractivity contribution in [2.75, 3.05) is 14.2 Å². The molecule has 2 N–H and O–H groups in total. The normalized spacial score (nSPS) is 11.2. The fourth-order valence-electron chi connectivity index (χ4n) is 3.51. The third-order valence-electron chi connectivity index (χ3n) is 5.07. The van der Waals surface area contributed by atoms with Crippen molar-refractivity contribution in [3.05, 3.63) is 69.9 Å². The van der Waals surface area contributed by atoms with Crippen LogP contribution in [0.5, 0.6) is 28.7 Å². The minimum Gasteiger partial charge on any atom is -0.507 e. The minimum atomic E-state index is -0.650. The molecule has 0 saturated carbocycles. The van der Waals surface area contributed by atoms with Gasteiger partial charge in [-0.05, 0) is 42.3 Å². The Morgan fingerprint density at radius 2 is 1.64 bits per heavy atom. The number of hydrogen-bond acceptors (Lipinski definition) is 8. The van der Waals surface area contributed by atoms with Crippen LogP contribution >= 0.6 is 0 Å². The van der Waals surface area contributed by atoms with Crippen molar-refractivity contribution in [2.45, 2.75) is 6.92 Å². The monoisotopic (exact) mass is 448 g/mol. The molecule has 0 bridgehead atoms. The van der Waals surface area contributed by atoms with E-state index in [0.717, 1.165) is 0 Å². The average molecular weight is 448 g/mol. The standard InChI is InChI=1S/C25H20O8/c1-13-8-16(32-22(28)7-5-14-4-6-17(26)19(9-14)31-3)12-20-23(13)25(29)24-18(27)10-15(30-2)11-21(24)33-20/h4-12,26-27H,1-3H3. The SMILES string of the molecule is COc1cc(O)c2c(=O)c3c(C)cc(OC(=O)C=Cc4ccc(O)c(OC)c4)cc3oc2c1. The van der Waals surface area contributed by atoms with E-state index in [9.17, 15) is 19.8 Å². The number of phenolic OH excluding ortho intramolecular Hbond substituents is 2. The zero-order valence-corrected chi connectivity index (χ0v) is 18.0. The largest absolute Gasteiger partial charge is 0.507 e. The lowest BCUT2D eigenvalue weighted by Gasteiger charge is -2.09. The van der Waals surface area contributed by atoms with Crippen molar-refractivity contribution in [1.82, 2.24) is 0 Å². The summed E-state index contributed by atoms with van der Waals surface area (Å²) in [6.45, 7) is 1.68. The van der Waals surface area contributed by atoms with Crippen LogP contribution in [0.2, 0.25) is 0 Å². The fraction of sp³-hybridized carbons (Fsp3) is 0.120. The van der Waals surface area contributed by atoms with Gasteiger partial charge in [-0.1, -0.05) is 6.07 Å². The van der Waals surface area contributed by atoms with E-state index in [1.807, 2.05) is 0 Å². The minimum absolute atomic E-state index is 0.0104. The zero-order valence-electron chi connectivity index (χ0n) is 18.0. The molecule has 4 rings (SSSR count). The Labute approximate surface area is 187 Å². The molecule has 0 unspecified atom stereocenters. The van der Waals surface area contributed by atoms with Crippen molar-refractivity contribution in [1.29, 1.82) is 0 Å². The molecule has 8 nitrogen and oxygen atoms in total. The molecule has 8 heteroatoms. The molecule has 0 aliphatic carbocycles. The number of methoxy groups -OCH3 is 2. The second-order valence-corrected chi connectivity index (χ2v) is 7.25. The van der Waals surface area contributed by atoms with Gasteiger partial charge in [-0.3, -0.25) is 4.79 Å². The summed E-state index contributed by atoms with van der Waals surface area (Å²) in [4.78, 5) is 25.3. The molecule has 0 aliphatic rings. The summed E-state index contributed by atoms with van der Waals surface area (Å²) in [5.74, 6) is -0.107. The van der Waals surface area contributed by atoms with Gasteiger partial charge in [-0.15, -0.1) is 0 Å². The Kier molecular flexibility index (Phi) is 5.66. The Morgan fingerprint density at radius 1 is 0.909 bits per heavy atom. The van der Waals surface area contributed by atoms with Crippen LogP contribution in [0.3, 0.4) is 0 Å². The molecule has 0 spiro atoms. The second-order valence-electron chi connectivity index (χ2n) is 7.25. The summed E-state index contributed by atoms with van der Waals surface area (Å²) in [7, 11) is 2.86. The van der Waals surface area contributed by atoms with Gasteiger partial charge in [0.25, 0.3) is 0 Å². The Hall–Kier alpha value is -4.46. The van der Waals surface area contributed by atoms with E-state index in [-0.39, 0.29) is 44.9 Å². The van der Waals surface area contributed by atoms with Gasteiger partial charge in [0.1, 0.15) is 33.8 Å². The Balaban J connectivity index is 1.68. The van der Waals surface area contributed by atoms with Crippen molar-refractivity contribution < 1.29 is 33.6 Å². The van der Waals surface area contributed by atoms with Crippen LogP contribution in [0.15, 0.2) is 57.8 Å². The zero-order chi connectivity index (χ0) is 23.7. The first kappa shape index (κ1) is 21.8. The van der Waals surface area contributed by atoms with E-state index in [1.54, 1.807) is 25.1 Å². The summed E-state index contributed by atoms with van der Waals surface area (Å²) in [5.41, 5.74) is 1.10. The first-order valence-electron chi connectivity index (χ1n) is 9.85. The van der Waals surface area contributed by atoms with E-state index in [4.69, 9.17) is 18.6 Å². The smallest absolute Gasteiger partial charge is 0.336 e. The first-order valence-corrected chi connectivity index (χ1v) is 9.85. The average Bonchev–Trinajstić information content (AvgIpc) is 2.77. The number of aromatic hydroxyl groups is 2. The van der Waals surface area contributed by atoms with Crippen LogP contribution in [-0.2, 0) is 4.79 Å². The van der Waals surface area contributed by atoms with E-state index >= 15 is 0 Å². The molecule has 0 saturated heterocycles. The lowest BCUT2D eigenvalue weighted by molar-refractivity contribution is -0.128. The number of phenols is 2. The van der Waals surface area contributed by atoms with Gasteiger partial charge in [-0.2, -0.15) is 0 Å². The molecule has 33 heavy (non-hydrogen) atoms. The Morgan fingerprint density at radius 3 is 2.36 bits per heavy atom. The highest BCUT2D eigenvalue weighted by molar-refractivity contribution is 5.96. The predicted molar refractivity (Wildman–Crippen MR) is 122 cm³/mol. The van der Waals surface area contributed by atoms with Crippen molar-refractivity contribution in [3.63, 3.8) is 0 Å². The molecule has 1 aromatic heterocycles. The molecular weight excluding hydrogens is 428 g/mol. The number of carbonyl (C=O) groups excluding carboxylic acids is 1. The number of hydrogen-bond donors (Lipinski definition) is 2. The van der Waals surface area contributed by atoms with E-state index in [0.29, 0.717) is 16.9 Å². The number of ether oxygens (including phenoxy) is 3. The molecule has 168 valence electrons. The van der Waals surface area contributed by atoms with Crippen molar-refractivity contribution >= 4 is 34.0 Å². The van der Waals surface area contributed by atoms with Crippen LogP contribution in [-0.4, -0.2) is 30.4 Å². The van der Waals surface area contributed by atoms with Crippen LogP contribution in [0.25, 0.3) is 28.0 Å². The van der Waals surface area contributed by atoms with Gasteiger partial charge in [0.05, 0.1) is 19.6 Å². The van der Waals surface area contributed by atoms with Crippen LogP contribution in [0, 0.1) is 6.92 Å². The van der Waals surface area contributed by atoms with E-state index in [2.05, 4.69) is 0 Å². The van der Waals surface area contributed by atoms with Gasteiger partial charge < -0.3 is 28.8 Å². The number of carbonyl (C=O) groups is 1. The molecule has 0 radical (unpaired) electrons. The highest BCUT2D eigenvalue weighted by Crippen LogP contribution is 2.33. The van der Waals surface area contributed by atoms with E-state index < -0.39 is 11.4 Å². The lowest BCUT2D eigenvalue weighted by atomic mass is 10.1. The first-order chi connectivity index (χ1) is 15.8. The second kappa shape index (κ2) is 8.58. The molecule has 4 aromatic rings. The van der Waals surface area contributed by atoms with Crippen LogP contribution < -0.4 is 19.6 Å². The van der Waals surface area contributed by atoms with Gasteiger partial charge in [0.15, 0.2) is 11.5 Å². The maximum atomic E-state index is 13.0. The quantitative estimate of drug-likeness (QED) is 0.201. The molecular formula is C25H20O8. The van der Waals surface area contributed by atoms with Crippen molar-refractivity contribution in [2.24, 2.45) is 0 Å². The molecule has 0 amide bonds. The number of benzene rings is 3. The number of fused-ring (bicyclic) bond motifs is 2. The summed E-state index contributed by atoms with van der Waals surface area (Å²) >= 11 is 0. The van der Waals surface area contributed by atoms with Crippen molar-refractivity contribution in [3.8, 4) is 28.7 Å². The number of aryl methyl sites for hydroxylation is 1. The summed E-state index contributed by atoms with van der Waals surface area (Å²) < 4.78 is 21.4. The van der Waals surface area contributed by atoms with Gasteiger partial charge in [0, 0.05) is 24.3 Å². The van der Waals surface area contributed by atoms with Crippen LogP contribution in [0.1, 0.15) is 11.1 Å². The van der Waals surface area contributed by atoms with Crippen LogP contribution in [0.4, 0.5) is 0 Å². The maximum Gasteiger partial charge on any atom is 0.336 e. The summed E-state index contributed by atoms with van der Waals surface area (Å²) in [5, 5.41) is 20.2. The summed E-state index contributed by atoms with van der Waals surface area (Å²) in [6, 6.07) is 10.5. The molecule has 0 aliphatic heterocycles. The maximum absolute atomic E-state index is 13.0. The fourth-order valence-corrected chi connectivity index (χ4v) is 3.51. The van der Waals surface area contributed by atoms with Gasteiger partial charge in [0.2, 0.25) is 5.43 Å². The highest BCUT2D eigenvalue weighted by atomic mass is 16.5. The third kappa shape index (κ3) is 4.18. The molecule has 1 heterocycles. The number of rotatable bonds is 5. The van der Waals surface area contributed by atoms with Gasteiger partial charge >= 0.3 is 5.97 Å². The highest BCUT2D eigenvalue weighted by Gasteiger charge is 2.16. The predicted octanol–water partition coefficient (Wildman–Crippen LogP) is 4.30.